The second-order valence-corrected chi connectivity index (χ2v) is 12.7. The van der Waals surface area contributed by atoms with E-state index in [-0.39, 0.29) is 11.1 Å². The van der Waals surface area contributed by atoms with Gasteiger partial charge in [0.05, 0.1) is 12.6 Å². The van der Waals surface area contributed by atoms with E-state index < -0.39 is 8.32 Å². The molecule has 3 rings (SSSR count). The number of H-pyrrole nitrogens is 1. The van der Waals surface area contributed by atoms with Crippen molar-refractivity contribution in [2.45, 2.75) is 51.4 Å². The lowest BCUT2D eigenvalue weighted by molar-refractivity contribution is 0.238. The average Bonchev–Trinajstić information content (AvgIpc) is 2.83. The molecule has 2 N–H and O–H groups in total. The van der Waals surface area contributed by atoms with Gasteiger partial charge in [0.25, 0.3) is 0 Å². The van der Waals surface area contributed by atoms with E-state index >= 15 is 0 Å². The highest BCUT2D eigenvalue weighted by Crippen LogP contribution is 2.38. The molecule has 1 unspecified atom stereocenters. The first-order valence-electron chi connectivity index (χ1n) is 8.26. The van der Waals surface area contributed by atoms with Crippen molar-refractivity contribution in [3.63, 3.8) is 0 Å². The summed E-state index contributed by atoms with van der Waals surface area (Å²) in [6.45, 7) is 13.3. The van der Waals surface area contributed by atoms with Crippen LogP contribution >= 0.6 is 0 Å². The minimum Gasteiger partial charge on any atom is -0.415 e. The molecule has 3 nitrogen and oxygen atoms in total. The van der Waals surface area contributed by atoms with Crippen molar-refractivity contribution in [2.75, 3.05) is 13.2 Å². The van der Waals surface area contributed by atoms with E-state index in [0.717, 1.165) is 19.6 Å². The number of nitrogens with one attached hydrogen (secondary N) is 2. The zero-order valence-corrected chi connectivity index (χ0v) is 15.4. The minimum atomic E-state index is -1.70. The molecule has 4 heteroatoms. The van der Waals surface area contributed by atoms with Crippen LogP contribution in [0, 0.1) is 0 Å². The Morgan fingerprint density at radius 2 is 1.95 bits per heavy atom. The van der Waals surface area contributed by atoms with E-state index in [2.05, 4.69) is 68.4 Å². The second kappa shape index (κ2) is 5.51. The maximum atomic E-state index is 6.44. The molecule has 0 fully saturated rings. The fraction of sp³-hybridized carbons (Fsp3) is 0.556. The number of hydrogen-bond acceptors (Lipinski definition) is 2. The van der Waals surface area contributed by atoms with Gasteiger partial charge in [0.2, 0.25) is 0 Å². The molecule has 0 radical (unpaired) electrons. The Hall–Kier alpha value is -1.10. The van der Waals surface area contributed by atoms with Crippen molar-refractivity contribution in [3.05, 3.63) is 35.5 Å². The van der Waals surface area contributed by atoms with Gasteiger partial charge in [-0.15, -0.1) is 0 Å². The summed E-state index contributed by atoms with van der Waals surface area (Å²) in [6, 6.07) is 8.89. The van der Waals surface area contributed by atoms with E-state index in [1.54, 1.807) is 0 Å². The molecule has 120 valence electrons. The molecule has 1 aromatic carbocycles. The van der Waals surface area contributed by atoms with E-state index in [9.17, 15) is 0 Å². The van der Waals surface area contributed by atoms with Crippen molar-refractivity contribution in [1.29, 1.82) is 0 Å². The van der Waals surface area contributed by atoms with Crippen LogP contribution in [-0.4, -0.2) is 26.5 Å². The highest BCUT2D eigenvalue weighted by Gasteiger charge is 2.38. The summed E-state index contributed by atoms with van der Waals surface area (Å²) in [4.78, 5) is 3.61. The molecular formula is C18H28N2OSi. The SMILES string of the molecule is CC(C)(C)[Si](C)(C)OCC1NCCc2c1[nH]c1ccccc21. The zero-order chi connectivity index (χ0) is 16.0. The number of benzene rings is 1. The lowest BCUT2D eigenvalue weighted by atomic mass is 10.00. The smallest absolute Gasteiger partial charge is 0.192 e. The van der Waals surface area contributed by atoms with Crippen LogP contribution in [0.5, 0.6) is 0 Å². The predicted octanol–water partition coefficient (Wildman–Crippen LogP) is 4.38. The summed E-state index contributed by atoms with van der Waals surface area (Å²) in [5, 5.41) is 5.25. The minimum absolute atomic E-state index is 0.255. The van der Waals surface area contributed by atoms with Gasteiger partial charge < -0.3 is 14.7 Å². The first kappa shape index (κ1) is 15.8. The van der Waals surface area contributed by atoms with E-state index in [4.69, 9.17) is 4.43 Å². The summed E-state index contributed by atoms with van der Waals surface area (Å²) in [7, 11) is -1.70. The number of aromatic nitrogens is 1. The normalized spacial score (nSPS) is 19.4. The number of rotatable bonds is 3. The zero-order valence-electron chi connectivity index (χ0n) is 14.4. The van der Waals surface area contributed by atoms with Gasteiger partial charge in [-0.25, -0.2) is 0 Å². The first-order chi connectivity index (χ1) is 10.3. The fourth-order valence-electron chi connectivity index (χ4n) is 2.91. The Labute approximate surface area is 134 Å². The Bertz CT molecular complexity index is 669. The molecule has 2 heterocycles. The van der Waals surface area contributed by atoms with Gasteiger partial charge in [0.1, 0.15) is 0 Å². The maximum Gasteiger partial charge on any atom is 0.192 e. The lowest BCUT2D eigenvalue weighted by Crippen LogP contribution is -2.44. The highest BCUT2D eigenvalue weighted by molar-refractivity contribution is 6.74. The molecule has 2 aromatic rings. The van der Waals surface area contributed by atoms with Crippen molar-refractivity contribution in [3.8, 4) is 0 Å². The van der Waals surface area contributed by atoms with Crippen LogP contribution in [0.3, 0.4) is 0 Å². The Morgan fingerprint density at radius 1 is 1.23 bits per heavy atom. The average molecular weight is 317 g/mol. The summed E-state index contributed by atoms with van der Waals surface area (Å²) in [5.74, 6) is 0. The number of hydrogen-bond donors (Lipinski definition) is 2. The van der Waals surface area contributed by atoms with Crippen molar-refractivity contribution >= 4 is 19.2 Å². The predicted molar refractivity (Wildman–Crippen MR) is 95.9 cm³/mol. The Balaban J connectivity index is 1.84. The fourth-order valence-corrected chi connectivity index (χ4v) is 3.93. The van der Waals surface area contributed by atoms with Crippen LogP contribution in [-0.2, 0) is 10.8 Å². The molecule has 0 amide bonds. The van der Waals surface area contributed by atoms with Gasteiger partial charge in [0, 0.05) is 16.6 Å². The summed E-state index contributed by atoms with van der Waals surface area (Å²) in [6.07, 6.45) is 1.09. The topological polar surface area (TPSA) is 37.0 Å². The highest BCUT2D eigenvalue weighted by atomic mass is 28.4. The molecule has 0 spiro atoms. The largest absolute Gasteiger partial charge is 0.415 e. The van der Waals surface area contributed by atoms with Gasteiger partial charge in [-0.3, -0.25) is 0 Å². The molecule has 1 aliphatic heterocycles. The third kappa shape index (κ3) is 2.75. The van der Waals surface area contributed by atoms with Crippen molar-refractivity contribution < 1.29 is 4.43 Å². The third-order valence-electron chi connectivity index (χ3n) is 5.38. The molecule has 0 saturated heterocycles. The Kier molecular flexibility index (Phi) is 3.95. The first-order valence-corrected chi connectivity index (χ1v) is 11.2. The third-order valence-corrected chi connectivity index (χ3v) is 9.88. The Morgan fingerprint density at radius 3 is 2.68 bits per heavy atom. The molecule has 22 heavy (non-hydrogen) atoms. The number of fused-ring (bicyclic) bond motifs is 3. The van der Waals surface area contributed by atoms with Gasteiger partial charge in [-0.05, 0) is 42.7 Å². The van der Waals surface area contributed by atoms with Gasteiger partial charge >= 0.3 is 0 Å². The molecule has 1 aliphatic rings. The van der Waals surface area contributed by atoms with Crippen LogP contribution in [0.25, 0.3) is 10.9 Å². The standard InChI is InChI=1S/C18H28N2OSi/c1-18(2,3)22(4,5)21-12-16-17-14(10-11-19-16)13-8-6-7-9-15(13)20-17/h6-9,16,19-20H,10-12H2,1-5H3. The van der Waals surface area contributed by atoms with Gasteiger partial charge in [-0.2, -0.15) is 0 Å². The number of para-hydroxylation sites is 1. The molecular weight excluding hydrogens is 288 g/mol. The van der Waals surface area contributed by atoms with Crippen LogP contribution < -0.4 is 5.32 Å². The molecule has 0 aliphatic carbocycles. The molecule has 0 saturated carbocycles. The van der Waals surface area contributed by atoms with Crippen LogP contribution in [0.4, 0.5) is 0 Å². The van der Waals surface area contributed by atoms with Gasteiger partial charge in [-0.1, -0.05) is 39.0 Å². The van der Waals surface area contributed by atoms with Crippen LogP contribution in [0.2, 0.25) is 18.1 Å². The van der Waals surface area contributed by atoms with Crippen LogP contribution in [0.1, 0.15) is 38.1 Å². The van der Waals surface area contributed by atoms with E-state index in [1.807, 2.05) is 0 Å². The van der Waals surface area contributed by atoms with Crippen molar-refractivity contribution in [2.24, 2.45) is 0 Å². The lowest BCUT2D eigenvalue weighted by Gasteiger charge is -2.38. The number of aromatic amines is 1. The molecule has 1 atom stereocenters. The van der Waals surface area contributed by atoms with Crippen molar-refractivity contribution in [1.82, 2.24) is 10.3 Å². The summed E-state index contributed by atoms with van der Waals surface area (Å²) >= 11 is 0. The van der Waals surface area contributed by atoms with E-state index in [0.29, 0.717) is 0 Å². The monoisotopic (exact) mass is 316 g/mol. The van der Waals surface area contributed by atoms with Gasteiger partial charge in [0.15, 0.2) is 8.32 Å². The quantitative estimate of drug-likeness (QED) is 0.825. The summed E-state index contributed by atoms with van der Waals surface area (Å²) in [5.41, 5.74) is 4.04. The molecule has 1 aromatic heterocycles. The maximum absolute atomic E-state index is 6.44. The van der Waals surface area contributed by atoms with E-state index in [1.165, 1.54) is 22.2 Å². The molecule has 0 bridgehead atoms. The van der Waals surface area contributed by atoms with Crippen LogP contribution in [0.15, 0.2) is 24.3 Å². The summed E-state index contributed by atoms with van der Waals surface area (Å²) < 4.78 is 6.44. The second-order valence-electron chi connectivity index (χ2n) is 7.89.